The molecule has 0 unspecified atom stereocenters. The minimum atomic E-state index is 0.139. The number of nitrogens with one attached hydrogen (secondary N) is 1. The minimum absolute atomic E-state index is 0.139. The summed E-state index contributed by atoms with van der Waals surface area (Å²) in [5.41, 5.74) is 1.57. The fourth-order valence-electron chi connectivity index (χ4n) is 1.79. The van der Waals surface area contributed by atoms with Gasteiger partial charge in [0.1, 0.15) is 0 Å². The molecule has 0 amide bonds. The van der Waals surface area contributed by atoms with E-state index in [4.69, 9.17) is 11.6 Å². The predicted molar refractivity (Wildman–Crippen MR) is 76.9 cm³/mol. The first-order valence-corrected chi connectivity index (χ1v) is 6.45. The molecule has 0 atom stereocenters. The topological polar surface area (TPSA) is 48.4 Å². The van der Waals surface area contributed by atoms with Crippen LogP contribution in [-0.2, 0) is 0 Å². The minimum Gasteiger partial charge on any atom is -0.494 e. The third-order valence-electron chi connectivity index (χ3n) is 2.84. The van der Waals surface area contributed by atoms with Gasteiger partial charge in [-0.1, -0.05) is 25.4 Å². The van der Waals surface area contributed by atoms with Crippen LogP contribution in [0.5, 0.6) is 5.88 Å². The van der Waals surface area contributed by atoms with Crippen LogP contribution < -0.4 is 0 Å². The Hall–Kier alpha value is -1.48. The number of rotatable bonds is 4. The SMILES string of the molecule is CC(C)CCN=Cc1c(O)[nH]c2ccc(Cl)cc12. The van der Waals surface area contributed by atoms with Gasteiger partial charge in [0.25, 0.3) is 0 Å². The summed E-state index contributed by atoms with van der Waals surface area (Å²) in [5, 5.41) is 11.4. The third kappa shape index (κ3) is 2.85. The molecule has 2 N–H and O–H groups in total. The Morgan fingerprint density at radius 3 is 2.94 bits per heavy atom. The monoisotopic (exact) mass is 264 g/mol. The molecule has 0 radical (unpaired) electrons. The number of fused-ring (bicyclic) bond motifs is 1. The van der Waals surface area contributed by atoms with Gasteiger partial charge in [0, 0.05) is 28.7 Å². The lowest BCUT2D eigenvalue weighted by Gasteiger charge is -1.99. The number of aromatic nitrogens is 1. The highest BCUT2D eigenvalue weighted by molar-refractivity contribution is 6.31. The molecular formula is C14H17ClN2O. The summed E-state index contributed by atoms with van der Waals surface area (Å²) in [6.45, 7) is 5.10. The van der Waals surface area contributed by atoms with E-state index in [9.17, 15) is 5.11 Å². The van der Waals surface area contributed by atoms with Crippen LogP contribution in [0.1, 0.15) is 25.8 Å². The molecule has 0 saturated carbocycles. The first-order chi connectivity index (χ1) is 8.58. The van der Waals surface area contributed by atoms with E-state index in [1.807, 2.05) is 12.1 Å². The van der Waals surface area contributed by atoms with Crippen LogP contribution in [0.15, 0.2) is 23.2 Å². The number of benzene rings is 1. The van der Waals surface area contributed by atoms with Gasteiger partial charge in [0.2, 0.25) is 0 Å². The van der Waals surface area contributed by atoms with Crippen LogP contribution in [0.3, 0.4) is 0 Å². The van der Waals surface area contributed by atoms with Gasteiger partial charge < -0.3 is 10.1 Å². The van der Waals surface area contributed by atoms with Crippen molar-refractivity contribution in [1.82, 2.24) is 4.98 Å². The molecular weight excluding hydrogens is 248 g/mol. The van der Waals surface area contributed by atoms with Crippen molar-refractivity contribution < 1.29 is 5.11 Å². The maximum atomic E-state index is 9.84. The van der Waals surface area contributed by atoms with Gasteiger partial charge in [0.15, 0.2) is 5.88 Å². The van der Waals surface area contributed by atoms with E-state index in [0.29, 0.717) is 16.5 Å². The highest BCUT2D eigenvalue weighted by Crippen LogP contribution is 2.27. The lowest BCUT2D eigenvalue weighted by Crippen LogP contribution is -1.91. The van der Waals surface area contributed by atoms with Crippen molar-refractivity contribution in [3.63, 3.8) is 0 Å². The number of aromatic amines is 1. The van der Waals surface area contributed by atoms with E-state index in [1.165, 1.54) is 0 Å². The van der Waals surface area contributed by atoms with Gasteiger partial charge in [-0.05, 0) is 30.5 Å². The molecule has 1 aromatic heterocycles. The highest BCUT2D eigenvalue weighted by atomic mass is 35.5. The summed E-state index contributed by atoms with van der Waals surface area (Å²) in [5.74, 6) is 0.772. The van der Waals surface area contributed by atoms with E-state index in [1.54, 1.807) is 12.3 Å². The van der Waals surface area contributed by atoms with Crippen molar-refractivity contribution in [1.29, 1.82) is 0 Å². The summed E-state index contributed by atoms with van der Waals surface area (Å²) >= 11 is 5.96. The second kappa shape index (κ2) is 5.44. The average Bonchev–Trinajstić information content (AvgIpc) is 2.60. The van der Waals surface area contributed by atoms with Gasteiger partial charge in [-0.15, -0.1) is 0 Å². The van der Waals surface area contributed by atoms with Crippen LogP contribution >= 0.6 is 11.6 Å². The Kier molecular flexibility index (Phi) is 3.92. The third-order valence-corrected chi connectivity index (χ3v) is 3.07. The molecule has 0 spiro atoms. The van der Waals surface area contributed by atoms with Gasteiger partial charge in [0.05, 0.1) is 5.56 Å². The normalized spacial score (nSPS) is 12.0. The number of aromatic hydroxyl groups is 1. The fraction of sp³-hybridized carbons (Fsp3) is 0.357. The average molecular weight is 265 g/mol. The second-order valence-electron chi connectivity index (χ2n) is 4.79. The summed E-state index contributed by atoms with van der Waals surface area (Å²) in [6.07, 6.45) is 2.76. The lowest BCUT2D eigenvalue weighted by molar-refractivity contribution is 0.457. The van der Waals surface area contributed by atoms with Crippen LogP contribution in [0.25, 0.3) is 10.9 Å². The molecule has 0 fully saturated rings. The quantitative estimate of drug-likeness (QED) is 0.806. The summed E-state index contributed by atoms with van der Waals surface area (Å²) in [6, 6.07) is 5.47. The van der Waals surface area contributed by atoms with E-state index in [0.717, 1.165) is 23.9 Å². The smallest absolute Gasteiger partial charge is 0.198 e. The van der Waals surface area contributed by atoms with Crippen molar-refractivity contribution in [2.75, 3.05) is 6.54 Å². The van der Waals surface area contributed by atoms with Crippen molar-refractivity contribution in [3.05, 3.63) is 28.8 Å². The molecule has 1 aromatic carbocycles. The molecule has 3 nitrogen and oxygen atoms in total. The first-order valence-electron chi connectivity index (χ1n) is 6.08. The molecule has 96 valence electrons. The zero-order valence-electron chi connectivity index (χ0n) is 10.6. The standard InChI is InChI=1S/C14H17ClN2O/c1-9(2)5-6-16-8-12-11-7-10(15)3-4-13(11)17-14(12)18/h3-4,7-9,17-18H,5-6H2,1-2H3. The first kappa shape index (κ1) is 13.0. The molecule has 2 aromatic rings. The largest absolute Gasteiger partial charge is 0.494 e. The fourth-order valence-corrected chi connectivity index (χ4v) is 1.96. The zero-order chi connectivity index (χ0) is 13.1. The maximum absolute atomic E-state index is 9.84. The van der Waals surface area contributed by atoms with Crippen molar-refractivity contribution in [2.45, 2.75) is 20.3 Å². The van der Waals surface area contributed by atoms with Gasteiger partial charge in [-0.25, -0.2) is 0 Å². The molecule has 2 rings (SSSR count). The Morgan fingerprint density at radius 2 is 2.22 bits per heavy atom. The number of nitrogens with zero attached hydrogens (tertiary/aromatic N) is 1. The Bertz CT molecular complexity index is 572. The number of aliphatic imine (C=N–C) groups is 1. The predicted octanol–water partition coefficient (Wildman–Crippen LogP) is 3.99. The van der Waals surface area contributed by atoms with Crippen molar-refractivity contribution >= 4 is 28.7 Å². The summed E-state index contributed by atoms with van der Waals surface area (Å²) in [7, 11) is 0. The van der Waals surface area contributed by atoms with Crippen LogP contribution in [0, 0.1) is 5.92 Å². The number of H-pyrrole nitrogens is 1. The maximum Gasteiger partial charge on any atom is 0.198 e. The Balaban J connectivity index is 2.26. The van der Waals surface area contributed by atoms with Gasteiger partial charge in [-0.3, -0.25) is 4.99 Å². The molecule has 0 aliphatic rings. The van der Waals surface area contributed by atoms with E-state index in [2.05, 4.69) is 23.8 Å². The van der Waals surface area contributed by atoms with E-state index < -0.39 is 0 Å². The molecule has 0 saturated heterocycles. The Labute approximate surface area is 112 Å². The molecule has 1 heterocycles. The van der Waals surface area contributed by atoms with E-state index in [-0.39, 0.29) is 5.88 Å². The van der Waals surface area contributed by atoms with E-state index >= 15 is 0 Å². The number of hydrogen-bond acceptors (Lipinski definition) is 2. The molecule has 0 bridgehead atoms. The van der Waals surface area contributed by atoms with Gasteiger partial charge in [-0.2, -0.15) is 0 Å². The highest BCUT2D eigenvalue weighted by Gasteiger charge is 2.08. The molecule has 4 heteroatoms. The summed E-state index contributed by atoms with van der Waals surface area (Å²) < 4.78 is 0. The van der Waals surface area contributed by atoms with Crippen molar-refractivity contribution in [3.8, 4) is 5.88 Å². The molecule has 0 aliphatic carbocycles. The number of halogens is 1. The molecule has 0 aliphatic heterocycles. The number of hydrogen-bond donors (Lipinski definition) is 2. The van der Waals surface area contributed by atoms with Crippen LogP contribution in [0.4, 0.5) is 0 Å². The second-order valence-corrected chi connectivity index (χ2v) is 5.23. The van der Waals surface area contributed by atoms with Crippen LogP contribution in [0.2, 0.25) is 5.02 Å². The van der Waals surface area contributed by atoms with Gasteiger partial charge >= 0.3 is 0 Å². The zero-order valence-corrected chi connectivity index (χ0v) is 11.3. The van der Waals surface area contributed by atoms with Crippen molar-refractivity contribution in [2.24, 2.45) is 10.9 Å². The summed E-state index contributed by atoms with van der Waals surface area (Å²) in [4.78, 5) is 7.26. The van der Waals surface area contributed by atoms with Crippen LogP contribution in [-0.4, -0.2) is 22.8 Å². The Morgan fingerprint density at radius 1 is 1.44 bits per heavy atom. The molecule has 18 heavy (non-hydrogen) atoms. The lowest BCUT2D eigenvalue weighted by atomic mass is 10.1.